The quantitative estimate of drug-likeness (QED) is 0.643. The average molecular weight is 290 g/mol. The zero-order chi connectivity index (χ0) is 14.1. The first-order valence-electron chi connectivity index (χ1n) is 6.53. The molecule has 0 N–H and O–H groups in total. The first-order valence-corrected chi connectivity index (χ1v) is 7.35. The van der Waals surface area contributed by atoms with Crippen molar-refractivity contribution in [3.8, 4) is 0 Å². The largest absolute Gasteiger partial charge is 0.463 e. The van der Waals surface area contributed by atoms with Crippen LogP contribution in [0.5, 0.6) is 0 Å². The molecular weight excluding hydrogens is 276 g/mol. The monoisotopic (exact) mass is 290 g/mol. The Bertz CT molecular complexity index is 642. The highest BCUT2D eigenvalue weighted by Gasteiger charge is 2.21. The van der Waals surface area contributed by atoms with Crippen molar-refractivity contribution in [3.63, 3.8) is 0 Å². The molecule has 0 unspecified atom stereocenters. The highest BCUT2D eigenvalue weighted by molar-refractivity contribution is 7.14. The molecule has 2 aromatic heterocycles. The third-order valence-corrected chi connectivity index (χ3v) is 4.67. The Morgan fingerprint density at radius 3 is 2.70 bits per heavy atom. The molecule has 0 radical (unpaired) electrons. The lowest BCUT2D eigenvalue weighted by molar-refractivity contribution is 0.0563. The number of aryl methyl sites for hydroxylation is 2. The van der Waals surface area contributed by atoms with Gasteiger partial charge in [-0.1, -0.05) is 0 Å². The van der Waals surface area contributed by atoms with Crippen molar-refractivity contribution < 1.29 is 18.7 Å². The number of esters is 1. The second-order valence-electron chi connectivity index (χ2n) is 4.75. The lowest BCUT2D eigenvalue weighted by Gasteiger charge is -2.08. The summed E-state index contributed by atoms with van der Waals surface area (Å²) in [5, 5.41) is 0. The van der Waals surface area contributed by atoms with Gasteiger partial charge in [0.1, 0.15) is 0 Å². The van der Waals surface area contributed by atoms with Crippen molar-refractivity contribution in [1.82, 2.24) is 0 Å². The average Bonchev–Trinajstić information content (AvgIpc) is 3.12. The summed E-state index contributed by atoms with van der Waals surface area (Å²) in [6.45, 7) is 0. The Labute approximate surface area is 120 Å². The van der Waals surface area contributed by atoms with Gasteiger partial charge in [0, 0.05) is 4.88 Å². The first kappa shape index (κ1) is 13.1. The van der Waals surface area contributed by atoms with Gasteiger partial charge in [-0.2, -0.15) is 0 Å². The number of carbonyl (C=O) groups excluding carboxylic acids is 2. The molecule has 1 aliphatic carbocycles. The maximum absolute atomic E-state index is 12.4. The fourth-order valence-electron chi connectivity index (χ4n) is 2.39. The number of carbonyl (C=O) groups is 2. The van der Waals surface area contributed by atoms with Gasteiger partial charge in [0.25, 0.3) is 0 Å². The van der Waals surface area contributed by atoms with Crippen LogP contribution in [0.4, 0.5) is 0 Å². The van der Waals surface area contributed by atoms with Gasteiger partial charge < -0.3 is 9.15 Å². The number of ketones is 1. The second-order valence-corrected chi connectivity index (χ2v) is 5.89. The van der Waals surface area contributed by atoms with Gasteiger partial charge in [-0.15, -0.1) is 11.3 Å². The molecule has 0 aromatic carbocycles. The summed E-state index contributed by atoms with van der Waals surface area (Å²) < 4.78 is 9.83. The molecule has 3 rings (SSSR count). The zero-order valence-corrected chi connectivity index (χ0v) is 11.9. The fraction of sp³-hybridized carbons (Fsp3) is 0.333. The molecule has 0 spiro atoms. The molecule has 5 heteroatoms. The van der Waals surface area contributed by atoms with Crippen LogP contribution < -0.4 is 0 Å². The minimum atomic E-state index is -0.575. The number of hydrogen-bond donors (Lipinski definition) is 0. The Hall–Kier alpha value is -1.88. The summed E-state index contributed by atoms with van der Waals surface area (Å²) in [5.41, 5.74) is 1.28. The molecule has 0 saturated carbocycles. The van der Waals surface area contributed by atoms with Gasteiger partial charge in [0.05, 0.1) is 12.0 Å². The van der Waals surface area contributed by atoms with E-state index in [-0.39, 0.29) is 17.3 Å². The molecule has 0 amide bonds. The Morgan fingerprint density at radius 2 is 1.95 bits per heavy atom. The van der Waals surface area contributed by atoms with Crippen LogP contribution in [0.1, 0.15) is 49.3 Å². The van der Waals surface area contributed by atoms with Crippen LogP contribution in [-0.4, -0.2) is 18.9 Å². The highest BCUT2D eigenvalue weighted by atomic mass is 32.1. The van der Waals surface area contributed by atoms with Gasteiger partial charge in [-0.3, -0.25) is 4.79 Å². The van der Waals surface area contributed by atoms with Crippen LogP contribution >= 0.6 is 11.3 Å². The van der Waals surface area contributed by atoms with E-state index in [9.17, 15) is 9.59 Å². The van der Waals surface area contributed by atoms with Crippen LogP contribution in [0.15, 0.2) is 22.6 Å². The van der Waals surface area contributed by atoms with E-state index in [2.05, 4.69) is 4.74 Å². The summed E-state index contributed by atoms with van der Waals surface area (Å²) in [7, 11) is 1.28. The molecule has 0 fully saturated rings. The van der Waals surface area contributed by atoms with Crippen LogP contribution in [0.2, 0.25) is 0 Å². The number of ether oxygens (including phenoxy) is 1. The number of hydrogen-bond acceptors (Lipinski definition) is 5. The van der Waals surface area contributed by atoms with Crippen molar-refractivity contribution in [2.75, 3.05) is 7.11 Å². The molecule has 2 aromatic rings. The molecule has 0 saturated heterocycles. The maximum atomic E-state index is 12.4. The normalized spacial score (nSPS) is 13.8. The minimum Gasteiger partial charge on any atom is -0.463 e. The number of methoxy groups -OCH3 is 1. The van der Waals surface area contributed by atoms with Crippen molar-refractivity contribution in [1.29, 1.82) is 0 Å². The summed E-state index contributed by atoms with van der Waals surface area (Å²) >= 11 is 1.54. The lowest BCUT2D eigenvalue weighted by Crippen LogP contribution is -2.00. The number of thiophene rings is 1. The second kappa shape index (κ2) is 5.25. The highest BCUT2D eigenvalue weighted by Crippen LogP contribution is 2.31. The molecule has 4 nitrogen and oxygen atoms in total. The molecule has 1 aliphatic rings. The predicted octanol–water partition coefficient (Wildman–Crippen LogP) is 3.24. The molecule has 0 atom stereocenters. The smallest absolute Gasteiger partial charge is 0.373 e. The molecule has 0 aliphatic heterocycles. The third kappa shape index (κ3) is 2.29. The van der Waals surface area contributed by atoms with Crippen LogP contribution in [0, 0.1) is 0 Å². The van der Waals surface area contributed by atoms with Gasteiger partial charge in [0.15, 0.2) is 5.76 Å². The Morgan fingerprint density at radius 1 is 1.20 bits per heavy atom. The van der Waals surface area contributed by atoms with E-state index in [4.69, 9.17) is 4.42 Å². The SMILES string of the molecule is COC(=O)c1ccc(C(=O)c2cc3c(s2)CCCC3)o1. The number of furan rings is 1. The van der Waals surface area contributed by atoms with Crippen molar-refractivity contribution in [2.45, 2.75) is 25.7 Å². The van der Waals surface area contributed by atoms with Crippen molar-refractivity contribution in [3.05, 3.63) is 45.0 Å². The van der Waals surface area contributed by atoms with E-state index < -0.39 is 5.97 Å². The van der Waals surface area contributed by atoms with Crippen LogP contribution in [0.25, 0.3) is 0 Å². The first-order chi connectivity index (χ1) is 9.69. The third-order valence-electron chi connectivity index (χ3n) is 3.44. The number of rotatable bonds is 3. The zero-order valence-electron chi connectivity index (χ0n) is 11.1. The topological polar surface area (TPSA) is 56.5 Å². The molecular formula is C15H14O4S. The van der Waals surface area contributed by atoms with Gasteiger partial charge in [0.2, 0.25) is 11.5 Å². The number of fused-ring (bicyclic) bond motifs is 1. The van der Waals surface area contributed by atoms with E-state index in [1.54, 1.807) is 0 Å². The summed E-state index contributed by atoms with van der Waals surface area (Å²) in [6, 6.07) is 4.95. The molecule has 0 bridgehead atoms. The van der Waals surface area contributed by atoms with Crippen molar-refractivity contribution >= 4 is 23.1 Å². The summed E-state index contributed by atoms with van der Waals surface area (Å²) in [5.74, 6) is -0.504. The fourth-order valence-corrected chi connectivity index (χ4v) is 3.59. The minimum absolute atomic E-state index is 0.0529. The van der Waals surface area contributed by atoms with E-state index in [0.29, 0.717) is 4.88 Å². The molecule has 104 valence electrons. The van der Waals surface area contributed by atoms with E-state index in [1.165, 1.54) is 53.9 Å². The molecule has 20 heavy (non-hydrogen) atoms. The summed E-state index contributed by atoms with van der Waals surface area (Å²) in [4.78, 5) is 25.7. The maximum Gasteiger partial charge on any atom is 0.373 e. The van der Waals surface area contributed by atoms with Gasteiger partial charge in [-0.25, -0.2) is 4.79 Å². The van der Waals surface area contributed by atoms with Gasteiger partial charge in [-0.05, 0) is 49.4 Å². The van der Waals surface area contributed by atoms with Crippen molar-refractivity contribution in [2.24, 2.45) is 0 Å². The van der Waals surface area contributed by atoms with E-state index in [1.807, 2.05) is 6.07 Å². The van der Waals surface area contributed by atoms with E-state index >= 15 is 0 Å². The van der Waals surface area contributed by atoms with E-state index in [0.717, 1.165) is 12.8 Å². The standard InChI is InChI=1S/C15H14O4S/c1-18-15(17)11-7-6-10(19-11)14(16)13-8-9-4-2-3-5-12(9)20-13/h6-8H,2-5H2,1H3. The molecule has 2 heterocycles. The van der Waals surface area contributed by atoms with Gasteiger partial charge >= 0.3 is 5.97 Å². The lowest BCUT2D eigenvalue weighted by atomic mass is 9.99. The Balaban J connectivity index is 1.86. The Kier molecular flexibility index (Phi) is 3.44. The summed E-state index contributed by atoms with van der Waals surface area (Å²) in [6.07, 6.45) is 4.47. The van der Waals surface area contributed by atoms with Crippen LogP contribution in [-0.2, 0) is 17.6 Å². The predicted molar refractivity (Wildman–Crippen MR) is 74.4 cm³/mol. The van der Waals surface area contributed by atoms with Crippen LogP contribution in [0.3, 0.4) is 0 Å².